The number of nitrogens with two attached hydrogens (primary N) is 1. The van der Waals surface area contributed by atoms with E-state index >= 15 is 0 Å². The lowest BCUT2D eigenvalue weighted by atomic mass is 10.0. The maximum atomic E-state index is 12.5. The topological polar surface area (TPSA) is 68.0 Å². The van der Waals surface area contributed by atoms with Crippen LogP contribution in [0.3, 0.4) is 0 Å². The maximum Gasteiger partial charge on any atom is 0.447 e. The molecular weight excluding hydrogens is 339 g/mol. The van der Waals surface area contributed by atoms with Crippen molar-refractivity contribution < 1.29 is 18.0 Å². The molecule has 124 valence electrons. The lowest BCUT2D eigenvalue weighted by Gasteiger charge is -2.20. The highest BCUT2D eigenvalue weighted by Crippen LogP contribution is 2.37. The number of aromatic nitrogens is 1. The number of carbonyl (C=O) groups excluding carboxylic acids is 1. The predicted octanol–water partition coefficient (Wildman–Crippen LogP) is 2.97. The molecule has 2 rings (SSSR count). The molecule has 0 spiro atoms. The molecule has 9 heteroatoms. The van der Waals surface area contributed by atoms with Crippen LogP contribution in [0.25, 0.3) is 0 Å². The van der Waals surface area contributed by atoms with Crippen LogP contribution in [-0.4, -0.2) is 29.0 Å². The Labute approximate surface area is 136 Å². The molecule has 0 aliphatic heterocycles. The number of hydrogen-bond donors (Lipinski definition) is 2. The largest absolute Gasteiger partial charge is 0.447 e. The van der Waals surface area contributed by atoms with Gasteiger partial charge in [-0.3, -0.25) is 4.79 Å². The molecule has 1 aliphatic carbocycles. The van der Waals surface area contributed by atoms with E-state index in [1.165, 1.54) is 18.3 Å². The Balaban J connectivity index is 0.00000242. The van der Waals surface area contributed by atoms with Gasteiger partial charge in [0.2, 0.25) is 0 Å². The van der Waals surface area contributed by atoms with Crippen LogP contribution in [0.15, 0.2) is 23.4 Å². The zero-order valence-corrected chi connectivity index (χ0v) is 13.2. The highest BCUT2D eigenvalue weighted by atomic mass is 35.5. The van der Waals surface area contributed by atoms with E-state index in [2.05, 4.69) is 10.3 Å². The standard InChI is InChI=1S/C13H16F3N3OS.ClH/c14-13(15,16)21-12-9(4-2-6-18-12)11(20)19-10-5-1-3-8(10)7-17;/h2,4,6,8,10H,1,3,5,7,17H2,(H,19,20);1H. The zero-order chi connectivity index (χ0) is 15.5. The first kappa shape index (κ1) is 19.1. The van der Waals surface area contributed by atoms with Crippen LogP contribution in [0, 0.1) is 5.92 Å². The van der Waals surface area contributed by atoms with E-state index < -0.39 is 11.4 Å². The number of nitrogens with one attached hydrogen (secondary N) is 1. The van der Waals surface area contributed by atoms with Crippen LogP contribution in [-0.2, 0) is 0 Å². The molecule has 0 saturated heterocycles. The number of alkyl halides is 3. The SMILES string of the molecule is Cl.NCC1CCCC1NC(=O)c1cccnc1SC(F)(F)F. The van der Waals surface area contributed by atoms with E-state index in [0.717, 1.165) is 19.3 Å². The van der Waals surface area contributed by atoms with Crippen molar-refractivity contribution in [1.82, 2.24) is 10.3 Å². The number of nitrogens with zero attached hydrogens (tertiary/aromatic N) is 1. The second-order valence-electron chi connectivity index (χ2n) is 4.91. The van der Waals surface area contributed by atoms with Gasteiger partial charge in [0.1, 0.15) is 5.03 Å². The average Bonchev–Trinajstić information content (AvgIpc) is 2.84. The molecule has 3 N–H and O–H groups in total. The van der Waals surface area contributed by atoms with Gasteiger partial charge in [-0.1, -0.05) is 6.42 Å². The second kappa shape index (κ2) is 8.03. The highest BCUT2D eigenvalue weighted by Gasteiger charge is 2.33. The zero-order valence-electron chi connectivity index (χ0n) is 11.6. The molecule has 1 amide bonds. The molecular formula is C13H17ClF3N3OS. The van der Waals surface area contributed by atoms with E-state index in [4.69, 9.17) is 5.73 Å². The van der Waals surface area contributed by atoms with Crippen LogP contribution < -0.4 is 11.1 Å². The Kier molecular flexibility index (Phi) is 6.96. The molecule has 1 heterocycles. The third-order valence-electron chi connectivity index (χ3n) is 3.51. The van der Waals surface area contributed by atoms with Crippen LogP contribution in [0.5, 0.6) is 0 Å². The minimum atomic E-state index is -4.48. The first-order valence-corrected chi connectivity index (χ1v) is 7.44. The molecule has 22 heavy (non-hydrogen) atoms. The fraction of sp³-hybridized carbons (Fsp3) is 0.538. The first-order valence-electron chi connectivity index (χ1n) is 6.62. The Morgan fingerprint density at radius 1 is 1.45 bits per heavy atom. The van der Waals surface area contributed by atoms with Gasteiger partial charge in [-0.15, -0.1) is 12.4 Å². The summed E-state index contributed by atoms with van der Waals surface area (Å²) in [6.45, 7) is 0.460. The molecule has 1 aromatic heterocycles. The normalized spacial score (nSPS) is 21.3. The average molecular weight is 356 g/mol. The van der Waals surface area contributed by atoms with Crippen molar-refractivity contribution in [3.63, 3.8) is 0 Å². The Bertz CT molecular complexity index is 516. The third kappa shape index (κ3) is 5.03. The van der Waals surface area contributed by atoms with Gasteiger partial charge in [-0.25, -0.2) is 4.98 Å². The van der Waals surface area contributed by atoms with E-state index in [9.17, 15) is 18.0 Å². The molecule has 0 radical (unpaired) electrons. The summed E-state index contributed by atoms with van der Waals surface area (Å²) >= 11 is -0.376. The quantitative estimate of drug-likeness (QED) is 0.815. The Hall–Kier alpha value is -0.990. The van der Waals surface area contributed by atoms with Gasteiger partial charge >= 0.3 is 5.51 Å². The molecule has 1 fully saturated rings. The molecule has 0 aromatic carbocycles. The number of pyridine rings is 1. The second-order valence-corrected chi connectivity index (χ2v) is 5.96. The molecule has 2 unspecified atom stereocenters. The monoisotopic (exact) mass is 355 g/mol. The summed E-state index contributed by atoms with van der Waals surface area (Å²) in [7, 11) is 0. The van der Waals surface area contributed by atoms with Gasteiger partial charge in [-0.2, -0.15) is 13.2 Å². The third-order valence-corrected chi connectivity index (χ3v) is 4.26. The lowest BCUT2D eigenvalue weighted by molar-refractivity contribution is -0.0329. The number of thioether (sulfide) groups is 1. The van der Waals surface area contributed by atoms with E-state index in [-0.39, 0.29) is 46.7 Å². The fourth-order valence-corrected chi connectivity index (χ4v) is 3.11. The number of carbonyl (C=O) groups is 1. The summed E-state index contributed by atoms with van der Waals surface area (Å²) in [4.78, 5) is 15.9. The molecule has 4 nitrogen and oxygen atoms in total. The van der Waals surface area contributed by atoms with Crippen molar-refractivity contribution in [2.45, 2.75) is 35.8 Å². The van der Waals surface area contributed by atoms with Crippen molar-refractivity contribution in [2.24, 2.45) is 11.7 Å². The van der Waals surface area contributed by atoms with Crippen molar-refractivity contribution in [3.05, 3.63) is 23.9 Å². The van der Waals surface area contributed by atoms with E-state index in [0.29, 0.717) is 6.54 Å². The summed E-state index contributed by atoms with van der Waals surface area (Å²) in [5.41, 5.74) is 1.11. The molecule has 1 aliphatic rings. The summed E-state index contributed by atoms with van der Waals surface area (Å²) < 4.78 is 37.4. The van der Waals surface area contributed by atoms with Crippen LogP contribution in [0.4, 0.5) is 13.2 Å². The van der Waals surface area contributed by atoms with Gasteiger partial charge in [0.25, 0.3) is 5.91 Å². The van der Waals surface area contributed by atoms with E-state index in [1.54, 1.807) is 0 Å². The minimum Gasteiger partial charge on any atom is -0.349 e. The highest BCUT2D eigenvalue weighted by molar-refractivity contribution is 8.00. The summed E-state index contributed by atoms with van der Waals surface area (Å²) in [5, 5.41) is 2.45. The number of rotatable bonds is 4. The van der Waals surface area contributed by atoms with Gasteiger partial charge < -0.3 is 11.1 Å². The van der Waals surface area contributed by atoms with Crippen LogP contribution in [0.1, 0.15) is 29.6 Å². The Morgan fingerprint density at radius 2 is 2.18 bits per heavy atom. The van der Waals surface area contributed by atoms with Gasteiger partial charge in [0.15, 0.2) is 0 Å². The number of halogens is 4. The van der Waals surface area contributed by atoms with Crippen molar-refractivity contribution in [1.29, 1.82) is 0 Å². The molecule has 0 bridgehead atoms. The van der Waals surface area contributed by atoms with Crippen LogP contribution in [0.2, 0.25) is 0 Å². The smallest absolute Gasteiger partial charge is 0.349 e. The summed E-state index contributed by atoms with van der Waals surface area (Å²) in [6, 6.07) is 2.72. The molecule has 1 saturated carbocycles. The Morgan fingerprint density at radius 3 is 2.82 bits per heavy atom. The van der Waals surface area contributed by atoms with Crippen molar-refractivity contribution >= 4 is 30.1 Å². The first-order chi connectivity index (χ1) is 9.90. The summed E-state index contributed by atoms with van der Waals surface area (Å²) in [6.07, 6.45) is 3.93. The summed E-state index contributed by atoms with van der Waals surface area (Å²) in [5.74, 6) is -0.343. The van der Waals surface area contributed by atoms with Gasteiger partial charge in [0, 0.05) is 24.0 Å². The van der Waals surface area contributed by atoms with E-state index in [1.807, 2.05) is 0 Å². The maximum absolute atomic E-state index is 12.5. The van der Waals surface area contributed by atoms with Crippen molar-refractivity contribution in [2.75, 3.05) is 6.54 Å². The fourth-order valence-electron chi connectivity index (χ4n) is 2.51. The van der Waals surface area contributed by atoms with Gasteiger partial charge in [0.05, 0.1) is 5.56 Å². The number of amides is 1. The molecule has 1 aromatic rings. The van der Waals surface area contributed by atoms with Gasteiger partial charge in [-0.05, 0) is 37.4 Å². The van der Waals surface area contributed by atoms with Crippen molar-refractivity contribution in [3.8, 4) is 0 Å². The number of hydrogen-bond acceptors (Lipinski definition) is 4. The molecule has 2 atom stereocenters. The predicted molar refractivity (Wildman–Crippen MR) is 81.0 cm³/mol. The minimum absolute atomic E-state index is 0. The lowest BCUT2D eigenvalue weighted by Crippen LogP contribution is -2.40. The van der Waals surface area contributed by atoms with Crippen LogP contribution >= 0.6 is 24.2 Å².